The van der Waals surface area contributed by atoms with E-state index in [0.717, 1.165) is 0 Å². The Bertz CT molecular complexity index is 484. The number of primary sulfonamides is 1. The first-order chi connectivity index (χ1) is 7.88. The fourth-order valence-electron chi connectivity index (χ4n) is 1.39. The van der Waals surface area contributed by atoms with Crippen molar-refractivity contribution in [3.05, 3.63) is 18.2 Å². The topological polar surface area (TPSA) is 118 Å². The molecule has 0 aliphatic heterocycles. The van der Waals surface area contributed by atoms with Crippen LogP contribution in [0.15, 0.2) is 23.1 Å². The van der Waals surface area contributed by atoms with E-state index in [1.165, 1.54) is 12.1 Å². The highest BCUT2D eigenvalue weighted by Crippen LogP contribution is 2.23. The Labute approximate surface area is 101 Å². The molecule has 0 heterocycles. The lowest BCUT2D eigenvalue weighted by Gasteiger charge is -2.18. The number of nitrogen functional groups attached to an aromatic ring is 1. The Morgan fingerprint density at radius 3 is 2.59 bits per heavy atom. The van der Waals surface area contributed by atoms with E-state index in [-0.39, 0.29) is 17.5 Å². The number of anilines is 2. The predicted molar refractivity (Wildman–Crippen MR) is 67.0 cm³/mol. The Hall–Kier alpha value is -1.31. The van der Waals surface area contributed by atoms with E-state index in [1.54, 1.807) is 6.07 Å². The fourth-order valence-corrected chi connectivity index (χ4v) is 2.12. The number of benzene rings is 1. The van der Waals surface area contributed by atoms with Crippen LogP contribution in [0.25, 0.3) is 0 Å². The predicted octanol–water partition coefficient (Wildman–Crippen LogP) is 0.0990. The molecule has 0 radical (unpaired) electrons. The first-order valence-corrected chi connectivity index (χ1v) is 6.72. The largest absolute Gasteiger partial charge is 0.399 e. The third-order valence-corrected chi connectivity index (χ3v) is 3.34. The number of nitrogens with two attached hydrogens (primary N) is 2. The fraction of sp³-hybridized carbons (Fsp3) is 0.400. The van der Waals surface area contributed by atoms with Crippen molar-refractivity contribution < 1.29 is 13.5 Å². The van der Waals surface area contributed by atoms with E-state index in [9.17, 15) is 8.42 Å². The summed E-state index contributed by atoms with van der Waals surface area (Å²) in [7, 11) is -3.84. The van der Waals surface area contributed by atoms with Crippen LogP contribution < -0.4 is 16.2 Å². The third-order valence-electron chi connectivity index (χ3n) is 2.39. The lowest BCUT2D eigenvalue weighted by Crippen LogP contribution is -2.25. The van der Waals surface area contributed by atoms with Crippen LogP contribution in [0.5, 0.6) is 0 Å². The molecule has 1 aromatic rings. The summed E-state index contributed by atoms with van der Waals surface area (Å²) in [6, 6.07) is 4.18. The highest BCUT2D eigenvalue weighted by Gasteiger charge is 2.16. The monoisotopic (exact) mass is 259 g/mol. The number of rotatable bonds is 5. The summed E-state index contributed by atoms with van der Waals surface area (Å²) in [5.41, 5.74) is 6.19. The Kier molecular flexibility index (Phi) is 4.33. The van der Waals surface area contributed by atoms with Crippen molar-refractivity contribution in [3.63, 3.8) is 0 Å². The van der Waals surface area contributed by atoms with Crippen LogP contribution >= 0.6 is 0 Å². The van der Waals surface area contributed by atoms with Gasteiger partial charge in [0.15, 0.2) is 0 Å². The second-order valence-corrected chi connectivity index (χ2v) is 5.26. The maximum atomic E-state index is 11.4. The van der Waals surface area contributed by atoms with Crippen LogP contribution in [-0.2, 0) is 10.0 Å². The van der Waals surface area contributed by atoms with Gasteiger partial charge in [0, 0.05) is 11.7 Å². The molecule has 0 amide bonds. The molecule has 0 aliphatic rings. The van der Waals surface area contributed by atoms with Gasteiger partial charge in [-0.25, -0.2) is 13.6 Å². The molecule has 1 atom stereocenters. The van der Waals surface area contributed by atoms with Crippen molar-refractivity contribution >= 4 is 21.4 Å². The van der Waals surface area contributed by atoms with Gasteiger partial charge >= 0.3 is 0 Å². The van der Waals surface area contributed by atoms with Gasteiger partial charge in [-0.05, 0) is 24.6 Å². The summed E-state index contributed by atoms with van der Waals surface area (Å²) in [6.45, 7) is 1.78. The Morgan fingerprint density at radius 2 is 2.12 bits per heavy atom. The molecular formula is C10H17N3O3S. The van der Waals surface area contributed by atoms with Crippen molar-refractivity contribution in [2.24, 2.45) is 5.14 Å². The van der Waals surface area contributed by atoms with Gasteiger partial charge in [0.05, 0.1) is 12.3 Å². The van der Waals surface area contributed by atoms with Crippen molar-refractivity contribution in [1.82, 2.24) is 0 Å². The van der Waals surface area contributed by atoms with Crippen molar-refractivity contribution in [3.8, 4) is 0 Å². The molecule has 96 valence electrons. The van der Waals surface area contributed by atoms with Crippen LogP contribution in [0.3, 0.4) is 0 Å². The van der Waals surface area contributed by atoms with Gasteiger partial charge in [0.25, 0.3) is 0 Å². The molecule has 6 N–H and O–H groups in total. The van der Waals surface area contributed by atoms with E-state index in [0.29, 0.717) is 17.8 Å². The van der Waals surface area contributed by atoms with Gasteiger partial charge in [-0.15, -0.1) is 0 Å². The van der Waals surface area contributed by atoms with Crippen molar-refractivity contribution in [2.75, 3.05) is 17.7 Å². The Balaban J connectivity index is 3.16. The molecule has 7 heteroatoms. The number of aliphatic hydroxyl groups excluding tert-OH is 1. The highest BCUT2D eigenvalue weighted by molar-refractivity contribution is 7.89. The Morgan fingerprint density at radius 1 is 1.47 bits per heavy atom. The van der Waals surface area contributed by atoms with Gasteiger partial charge < -0.3 is 16.2 Å². The van der Waals surface area contributed by atoms with E-state index < -0.39 is 10.0 Å². The van der Waals surface area contributed by atoms with E-state index in [4.69, 9.17) is 16.0 Å². The van der Waals surface area contributed by atoms with Gasteiger partial charge in [0.1, 0.15) is 4.90 Å². The molecule has 0 aromatic heterocycles. The molecule has 1 unspecified atom stereocenters. The summed E-state index contributed by atoms with van der Waals surface area (Å²) in [5, 5.41) is 17.1. The first-order valence-electron chi connectivity index (χ1n) is 5.18. The maximum absolute atomic E-state index is 11.4. The molecule has 0 fully saturated rings. The van der Waals surface area contributed by atoms with Gasteiger partial charge in [0.2, 0.25) is 10.0 Å². The van der Waals surface area contributed by atoms with Gasteiger partial charge in [-0.3, -0.25) is 0 Å². The van der Waals surface area contributed by atoms with Crippen LogP contribution in [0, 0.1) is 0 Å². The molecule has 0 saturated heterocycles. The van der Waals surface area contributed by atoms with Gasteiger partial charge in [-0.2, -0.15) is 0 Å². The minimum absolute atomic E-state index is 0.0654. The van der Waals surface area contributed by atoms with Crippen molar-refractivity contribution in [1.29, 1.82) is 0 Å². The van der Waals surface area contributed by atoms with E-state index in [1.807, 2.05) is 6.92 Å². The summed E-state index contributed by atoms with van der Waals surface area (Å²) in [5.74, 6) is 0. The minimum Gasteiger partial charge on any atom is -0.399 e. The number of sulfonamides is 1. The second kappa shape index (κ2) is 5.35. The average Bonchev–Trinajstić information content (AvgIpc) is 2.26. The van der Waals surface area contributed by atoms with Crippen LogP contribution in [-0.4, -0.2) is 26.2 Å². The van der Waals surface area contributed by atoms with E-state index >= 15 is 0 Å². The molecular weight excluding hydrogens is 242 g/mol. The molecule has 0 spiro atoms. The van der Waals surface area contributed by atoms with E-state index in [2.05, 4.69) is 5.32 Å². The summed E-state index contributed by atoms with van der Waals surface area (Å²) in [4.78, 5) is -0.0654. The second-order valence-electron chi connectivity index (χ2n) is 3.73. The SMILES string of the molecule is CCC(CO)Nc1ccc(N)cc1S(N)(=O)=O. The number of hydrogen-bond acceptors (Lipinski definition) is 5. The zero-order valence-electron chi connectivity index (χ0n) is 9.55. The standard InChI is InChI=1S/C10H17N3O3S/c1-2-8(6-14)13-9-4-3-7(11)5-10(9)17(12,15)16/h3-5,8,13-14H,2,6,11H2,1H3,(H2,12,15,16). The number of aliphatic hydroxyl groups is 1. The lowest BCUT2D eigenvalue weighted by atomic mass is 10.2. The number of hydrogen-bond donors (Lipinski definition) is 4. The quantitative estimate of drug-likeness (QED) is 0.559. The summed E-state index contributed by atoms with van der Waals surface area (Å²) < 4.78 is 22.8. The summed E-state index contributed by atoms with van der Waals surface area (Å²) in [6.07, 6.45) is 0.658. The molecule has 6 nitrogen and oxygen atoms in total. The molecule has 1 aromatic carbocycles. The molecule has 0 saturated carbocycles. The number of nitrogens with one attached hydrogen (secondary N) is 1. The van der Waals surface area contributed by atoms with Crippen molar-refractivity contribution in [2.45, 2.75) is 24.3 Å². The highest BCUT2D eigenvalue weighted by atomic mass is 32.2. The molecule has 17 heavy (non-hydrogen) atoms. The van der Waals surface area contributed by atoms with Crippen LogP contribution in [0.4, 0.5) is 11.4 Å². The lowest BCUT2D eigenvalue weighted by molar-refractivity contribution is 0.271. The molecule has 1 rings (SSSR count). The van der Waals surface area contributed by atoms with Crippen LogP contribution in [0.1, 0.15) is 13.3 Å². The summed E-state index contributed by atoms with van der Waals surface area (Å²) >= 11 is 0. The van der Waals surface area contributed by atoms with Gasteiger partial charge in [-0.1, -0.05) is 6.92 Å². The first kappa shape index (κ1) is 13.8. The van der Waals surface area contributed by atoms with Crippen LogP contribution in [0.2, 0.25) is 0 Å². The normalized spacial score (nSPS) is 13.4. The minimum atomic E-state index is -3.84. The average molecular weight is 259 g/mol. The third kappa shape index (κ3) is 3.58. The zero-order chi connectivity index (χ0) is 13.1. The smallest absolute Gasteiger partial charge is 0.240 e. The maximum Gasteiger partial charge on any atom is 0.240 e. The zero-order valence-corrected chi connectivity index (χ0v) is 10.4. The molecule has 0 aliphatic carbocycles. The molecule has 0 bridgehead atoms.